The number of nitrogens with zero attached hydrogens (tertiary/aromatic N) is 2. The van der Waals surface area contributed by atoms with Crippen LogP contribution in [-0.2, 0) is 6.42 Å². The first kappa shape index (κ1) is 19.6. The number of piperazine rings is 1. The van der Waals surface area contributed by atoms with Crippen LogP contribution in [0.3, 0.4) is 0 Å². The molecule has 0 amide bonds. The minimum absolute atomic E-state index is 0.0322. The Bertz CT molecular complexity index is 904. The molecule has 1 atom stereocenters. The smallest absolute Gasteiger partial charge is 0.449 e. The van der Waals surface area contributed by atoms with E-state index in [0.29, 0.717) is 5.75 Å². The van der Waals surface area contributed by atoms with Crippen molar-refractivity contribution in [1.82, 2.24) is 4.90 Å². The first-order valence-electron chi connectivity index (χ1n) is 10.2. The molecule has 0 radical (unpaired) electrons. The van der Waals surface area contributed by atoms with Crippen LogP contribution < -0.4 is 15.0 Å². The van der Waals surface area contributed by atoms with Crippen LogP contribution in [0, 0.1) is 5.41 Å². The minimum atomic E-state index is -1.29. The molecular weight excluding hydrogens is 366 g/mol. The average Bonchev–Trinajstić information content (AvgIpc) is 2.67. The van der Waals surface area contributed by atoms with Crippen molar-refractivity contribution in [2.45, 2.75) is 26.3 Å². The Hall–Kier alpha value is -2.73. The molecule has 0 bridgehead atoms. The van der Waals surface area contributed by atoms with Gasteiger partial charge < -0.3 is 25.0 Å². The van der Waals surface area contributed by atoms with Crippen LogP contribution in [0.5, 0.6) is 5.75 Å². The van der Waals surface area contributed by atoms with Crippen molar-refractivity contribution in [3.05, 3.63) is 53.6 Å². The fourth-order valence-corrected chi connectivity index (χ4v) is 4.47. The SMILES string of the molecule is CN1CCN(c2cccc(C3Nc4ccc(OC(=O)O)cc4CC3(C)C)c2)CC1. The van der Waals surface area contributed by atoms with E-state index in [9.17, 15) is 4.79 Å². The topological polar surface area (TPSA) is 65.0 Å². The number of carboxylic acid groups (broad SMARTS) is 1. The Balaban J connectivity index is 1.59. The number of hydrogen-bond acceptors (Lipinski definition) is 5. The van der Waals surface area contributed by atoms with E-state index in [1.54, 1.807) is 6.07 Å². The van der Waals surface area contributed by atoms with Gasteiger partial charge in [0.25, 0.3) is 0 Å². The second-order valence-corrected chi connectivity index (χ2v) is 8.81. The zero-order valence-corrected chi connectivity index (χ0v) is 17.3. The van der Waals surface area contributed by atoms with Gasteiger partial charge >= 0.3 is 6.16 Å². The molecule has 2 aliphatic rings. The predicted molar refractivity (Wildman–Crippen MR) is 115 cm³/mol. The quantitative estimate of drug-likeness (QED) is 0.599. The first-order valence-corrected chi connectivity index (χ1v) is 10.2. The van der Waals surface area contributed by atoms with E-state index in [2.05, 4.69) is 60.3 Å². The van der Waals surface area contributed by atoms with Crippen LogP contribution in [0.2, 0.25) is 0 Å². The zero-order valence-electron chi connectivity index (χ0n) is 17.3. The Labute approximate surface area is 172 Å². The Morgan fingerprint density at radius 3 is 2.62 bits per heavy atom. The van der Waals surface area contributed by atoms with Crippen molar-refractivity contribution < 1.29 is 14.6 Å². The molecule has 6 heteroatoms. The molecule has 2 aromatic carbocycles. The van der Waals surface area contributed by atoms with Crippen molar-refractivity contribution >= 4 is 17.5 Å². The monoisotopic (exact) mass is 395 g/mol. The summed E-state index contributed by atoms with van der Waals surface area (Å²) < 4.78 is 4.83. The van der Waals surface area contributed by atoms with Crippen molar-refractivity contribution in [3.8, 4) is 5.75 Å². The van der Waals surface area contributed by atoms with Gasteiger partial charge in [-0.25, -0.2) is 4.79 Å². The molecule has 2 heterocycles. The van der Waals surface area contributed by atoms with Gasteiger partial charge in [-0.3, -0.25) is 0 Å². The van der Waals surface area contributed by atoms with Crippen LogP contribution >= 0.6 is 0 Å². The number of likely N-dealkylation sites (N-methyl/N-ethyl adjacent to an activating group) is 1. The summed E-state index contributed by atoms with van der Waals surface area (Å²) in [5.41, 5.74) is 4.65. The molecule has 2 aromatic rings. The second-order valence-electron chi connectivity index (χ2n) is 8.81. The molecule has 2 aliphatic heterocycles. The summed E-state index contributed by atoms with van der Waals surface area (Å²) in [6.07, 6.45) is -0.443. The van der Waals surface area contributed by atoms with Crippen molar-refractivity contribution in [2.24, 2.45) is 5.41 Å². The maximum Gasteiger partial charge on any atom is 0.511 e. The summed E-state index contributed by atoms with van der Waals surface area (Å²) in [4.78, 5) is 15.7. The van der Waals surface area contributed by atoms with Gasteiger partial charge in [0.1, 0.15) is 5.75 Å². The van der Waals surface area contributed by atoms with Gasteiger partial charge in [0.2, 0.25) is 0 Å². The van der Waals surface area contributed by atoms with Gasteiger partial charge in [0, 0.05) is 37.6 Å². The van der Waals surface area contributed by atoms with E-state index in [1.807, 2.05) is 12.1 Å². The van der Waals surface area contributed by atoms with Crippen molar-refractivity contribution in [1.29, 1.82) is 0 Å². The lowest BCUT2D eigenvalue weighted by molar-refractivity contribution is 0.144. The molecule has 0 aromatic heterocycles. The highest BCUT2D eigenvalue weighted by Gasteiger charge is 2.36. The highest BCUT2D eigenvalue weighted by atomic mass is 16.7. The second kappa shape index (κ2) is 7.59. The highest BCUT2D eigenvalue weighted by Crippen LogP contribution is 2.46. The summed E-state index contributed by atoms with van der Waals surface area (Å²) in [5, 5.41) is 12.6. The lowest BCUT2D eigenvalue weighted by atomic mass is 9.73. The molecule has 0 spiro atoms. The van der Waals surface area contributed by atoms with E-state index in [4.69, 9.17) is 9.84 Å². The Morgan fingerprint density at radius 2 is 1.90 bits per heavy atom. The van der Waals surface area contributed by atoms with Gasteiger partial charge in [-0.15, -0.1) is 0 Å². The van der Waals surface area contributed by atoms with Crippen molar-refractivity contribution in [2.75, 3.05) is 43.4 Å². The summed E-state index contributed by atoms with van der Waals surface area (Å²) in [7, 11) is 2.17. The van der Waals surface area contributed by atoms with Gasteiger partial charge in [0.05, 0.1) is 6.04 Å². The number of nitrogens with one attached hydrogen (secondary N) is 1. The fraction of sp³-hybridized carbons (Fsp3) is 0.435. The normalized spacial score (nSPS) is 21.2. The number of anilines is 2. The summed E-state index contributed by atoms with van der Waals surface area (Å²) in [6.45, 7) is 8.78. The standard InChI is InChI=1S/C23H29N3O3/c1-23(2)15-17-14-19(29-22(27)28)7-8-20(17)24-21(23)16-5-4-6-18(13-16)26-11-9-25(3)10-12-26/h4-8,13-14,21,24H,9-12,15H2,1-3H3,(H,27,28). The first-order chi connectivity index (χ1) is 13.8. The van der Waals surface area contributed by atoms with E-state index in [1.165, 1.54) is 11.3 Å². The minimum Gasteiger partial charge on any atom is -0.449 e. The summed E-state index contributed by atoms with van der Waals surface area (Å²) >= 11 is 0. The predicted octanol–water partition coefficient (Wildman–Crippen LogP) is 4.23. The van der Waals surface area contributed by atoms with E-state index < -0.39 is 6.16 Å². The molecule has 4 rings (SSSR count). The largest absolute Gasteiger partial charge is 0.511 e. The number of ether oxygens (including phenoxy) is 1. The highest BCUT2D eigenvalue weighted by molar-refractivity contribution is 5.64. The molecule has 6 nitrogen and oxygen atoms in total. The number of carbonyl (C=O) groups is 1. The van der Waals surface area contributed by atoms with E-state index in [-0.39, 0.29) is 11.5 Å². The van der Waals surface area contributed by atoms with Gasteiger partial charge in [-0.1, -0.05) is 26.0 Å². The summed E-state index contributed by atoms with van der Waals surface area (Å²) in [6, 6.07) is 14.5. The fourth-order valence-electron chi connectivity index (χ4n) is 4.47. The van der Waals surface area contributed by atoms with Crippen molar-refractivity contribution in [3.63, 3.8) is 0 Å². The van der Waals surface area contributed by atoms with E-state index >= 15 is 0 Å². The third-order valence-corrected chi connectivity index (χ3v) is 6.08. The molecule has 0 aliphatic carbocycles. The number of hydrogen-bond donors (Lipinski definition) is 2. The van der Waals surface area contributed by atoms with Crippen LogP contribution in [0.4, 0.5) is 16.2 Å². The maximum absolute atomic E-state index is 10.8. The third kappa shape index (κ3) is 4.17. The van der Waals surface area contributed by atoms with Gasteiger partial charge in [0.15, 0.2) is 0 Å². The molecule has 2 N–H and O–H groups in total. The molecule has 29 heavy (non-hydrogen) atoms. The van der Waals surface area contributed by atoms with Gasteiger partial charge in [-0.05, 0) is 60.3 Å². The zero-order chi connectivity index (χ0) is 20.6. The third-order valence-electron chi connectivity index (χ3n) is 6.08. The number of fused-ring (bicyclic) bond motifs is 1. The Morgan fingerprint density at radius 1 is 1.14 bits per heavy atom. The van der Waals surface area contributed by atoms with E-state index in [0.717, 1.165) is 43.9 Å². The van der Waals surface area contributed by atoms with Crippen LogP contribution in [0.1, 0.15) is 31.0 Å². The molecule has 1 unspecified atom stereocenters. The average molecular weight is 396 g/mol. The lowest BCUT2D eigenvalue weighted by Gasteiger charge is -2.42. The lowest BCUT2D eigenvalue weighted by Crippen LogP contribution is -2.44. The number of benzene rings is 2. The van der Waals surface area contributed by atoms with Gasteiger partial charge in [-0.2, -0.15) is 0 Å². The van der Waals surface area contributed by atoms with Crippen LogP contribution in [0.25, 0.3) is 0 Å². The molecule has 1 saturated heterocycles. The molecule has 0 saturated carbocycles. The molecular formula is C23H29N3O3. The molecule has 1 fully saturated rings. The molecule has 154 valence electrons. The van der Waals surface area contributed by atoms with Crippen LogP contribution in [-0.4, -0.2) is 49.4 Å². The van der Waals surface area contributed by atoms with Crippen LogP contribution in [0.15, 0.2) is 42.5 Å². The summed E-state index contributed by atoms with van der Waals surface area (Å²) in [5.74, 6) is 0.365. The Kier molecular flexibility index (Phi) is 5.13. The number of rotatable bonds is 3. The maximum atomic E-state index is 10.8.